The number of hydrogen-bond acceptors (Lipinski definition) is 7. The van der Waals surface area contributed by atoms with Crippen molar-refractivity contribution < 1.29 is 22.6 Å². The molecule has 35 heavy (non-hydrogen) atoms. The molecule has 0 aliphatic carbocycles. The third-order valence-corrected chi connectivity index (χ3v) is 8.30. The summed E-state index contributed by atoms with van der Waals surface area (Å²) in [6.45, 7) is 3.21. The van der Waals surface area contributed by atoms with E-state index in [1.54, 1.807) is 42.8 Å². The van der Waals surface area contributed by atoms with Crippen LogP contribution >= 0.6 is 0 Å². The van der Waals surface area contributed by atoms with Gasteiger partial charge in [0, 0.05) is 25.7 Å². The zero-order valence-electron chi connectivity index (χ0n) is 19.8. The highest BCUT2D eigenvalue weighted by Gasteiger charge is 2.36. The summed E-state index contributed by atoms with van der Waals surface area (Å²) in [5, 5.41) is 0. The van der Waals surface area contributed by atoms with Crippen molar-refractivity contribution in [2.75, 3.05) is 33.9 Å². The Morgan fingerprint density at radius 3 is 2.43 bits per heavy atom. The molecule has 3 aromatic carbocycles. The quantitative estimate of drug-likeness (QED) is 0.540. The van der Waals surface area contributed by atoms with E-state index in [9.17, 15) is 8.42 Å². The molecule has 0 amide bonds. The Bertz CT molecular complexity index is 1370. The maximum Gasteiger partial charge on any atom is 0.243 e. The van der Waals surface area contributed by atoms with Crippen LogP contribution in [0.15, 0.2) is 76.6 Å². The third kappa shape index (κ3) is 4.21. The Morgan fingerprint density at radius 2 is 1.71 bits per heavy atom. The van der Waals surface area contributed by atoms with Crippen LogP contribution in [-0.4, -0.2) is 63.4 Å². The number of amidine groups is 1. The van der Waals surface area contributed by atoms with Gasteiger partial charge in [0.05, 0.1) is 24.7 Å². The van der Waals surface area contributed by atoms with Crippen molar-refractivity contribution >= 4 is 21.5 Å². The average Bonchev–Trinajstić information content (AvgIpc) is 3.05. The van der Waals surface area contributed by atoms with Crippen molar-refractivity contribution in [3.8, 4) is 23.0 Å². The molecule has 1 atom stereocenters. The van der Waals surface area contributed by atoms with Crippen LogP contribution in [0.25, 0.3) is 0 Å². The number of fused-ring (bicyclic) bond motifs is 2. The van der Waals surface area contributed by atoms with Crippen LogP contribution in [0.3, 0.4) is 0 Å². The van der Waals surface area contributed by atoms with Gasteiger partial charge in [-0.25, -0.2) is 13.4 Å². The molecule has 0 radical (unpaired) electrons. The van der Waals surface area contributed by atoms with Gasteiger partial charge < -0.3 is 19.1 Å². The van der Waals surface area contributed by atoms with Crippen molar-refractivity contribution in [3.05, 3.63) is 72.3 Å². The second kappa shape index (κ2) is 9.24. The Labute approximate surface area is 205 Å². The van der Waals surface area contributed by atoms with Gasteiger partial charge in [-0.15, -0.1) is 0 Å². The number of sulfonamides is 1. The summed E-state index contributed by atoms with van der Waals surface area (Å²) in [7, 11) is -0.488. The lowest BCUT2D eigenvalue weighted by molar-refractivity contribution is 0.205. The molecule has 1 saturated heterocycles. The van der Waals surface area contributed by atoms with E-state index in [2.05, 4.69) is 4.90 Å². The van der Waals surface area contributed by atoms with E-state index in [0.717, 1.165) is 11.4 Å². The summed E-state index contributed by atoms with van der Waals surface area (Å²) >= 11 is 0. The molecule has 0 N–H and O–H groups in total. The summed E-state index contributed by atoms with van der Waals surface area (Å²) in [4.78, 5) is 7.33. The number of ether oxygens (including phenoxy) is 3. The summed E-state index contributed by atoms with van der Waals surface area (Å²) < 4.78 is 45.3. The fourth-order valence-corrected chi connectivity index (χ4v) is 6.11. The Balaban J connectivity index is 1.47. The van der Waals surface area contributed by atoms with Gasteiger partial charge in [-0.3, -0.25) is 0 Å². The zero-order chi connectivity index (χ0) is 24.6. The first-order valence-electron chi connectivity index (χ1n) is 11.4. The highest BCUT2D eigenvalue weighted by Crippen LogP contribution is 2.43. The fraction of sp³-hybridized carbons (Fsp3) is 0.269. The first kappa shape index (κ1) is 23.2. The molecule has 0 aromatic heterocycles. The highest BCUT2D eigenvalue weighted by atomic mass is 32.2. The molecule has 2 aliphatic rings. The molecular formula is C26H27N3O5S. The molecule has 0 saturated carbocycles. The van der Waals surface area contributed by atoms with Gasteiger partial charge in [0.1, 0.15) is 17.3 Å². The second-order valence-electron chi connectivity index (χ2n) is 8.43. The Kier molecular flexibility index (Phi) is 6.12. The maximum absolute atomic E-state index is 13.4. The van der Waals surface area contributed by atoms with E-state index in [1.165, 1.54) is 0 Å². The topological polar surface area (TPSA) is 80.7 Å². The smallest absolute Gasteiger partial charge is 0.243 e. The van der Waals surface area contributed by atoms with Crippen molar-refractivity contribution in [3.63, 3.8) is 0 Å². The van der Waals surface area contributed by atoms with Crippen LogP contribution in [0.4, 0.5) is 5.69 Å². The standard InChI is InChI=1S/C26H27N3O5S/c1-18-17-28(15-16-29(18)35(30,31)20-13-11-19(32-2)12-14-20)26-21-7-6-10-24(33-3)25(21)34-23-9-5-4-8-22(23)27-26/h4-14,18H,15-17H2,1-3H3/t18-/m0/s1. The monoisotopic (exact) mass is 493 g/mol. The average molecular weight is 494 g/mol. The van der Waals surface area contributed by atoms with Gasteiger partial charge in [0.15, 0.2) is 17.2 Å². The van der Waals surface area contributed by atoms with Crippen molar-refractivity contribution in [2.45, 2.75) is 17.9 Å². The SMILES string of the molecule is COc1ccc(S(=O)(=O)N2CCN(C3=Nc4ccccc4Oc4c(OC)cccc43)C[C@@H]2C)cc1. The van der Waals surface area contributed by atoms with Gasteiger partial charge in [-0.05, 0) is 55.5 Å². The first-order valence-corrected chi connectivity index (χ1v) is 12.8. The molecule has 1 fully saturated rings. The van der Waals surface area contributed by atoms with E-state index in [4.69, 9.17) is 19.2 Å². The molecule has 9 heteroatoms. The molecule has 0 bridgehead atoms. The number of aliphatic imine (C=N–C) groups is 1. The number of para-hydroxylation sites is 3. The third-order valence-electron chi connectivity index (χ3n) is 6.28. The summed E-state index contributed by atoms with van der Waals surface area (Å²) in [6.07, 6.45) is 0. The number of piperazine rings is 1. The van der Waals surface area contributed by atoms with E-state index in [-0.39, 0.29) is 10.9 Å². The molecule has 5 rings (SSSR count). The van der Waals surface area contributed by atoms with Crippen LogP contribution in [0, 0.1) is 0 Å². The number of rotatable bonds is 4. The molecule has 3 aromatic rings. The number of hydrogen-bond donors (Lipinski definition) is 0. The van der Waals surface area contributed by atoms with Crippen LogP contribution < -0.4 is 14.2 Å². The Hall–Kier alpha value is -3.56. The minimum atomic E-state index is -3.65. The normalized spacial score (nSPS) is 18.0. The largest absolute Gasteiger partial charge is 0.497 e. The maximum atomic E-state index is 13.4. The van der Waals surface area contributed by atoms with Crippen LogP contribution in [0.2, 0.25) is 0 Å². The van der Waals surface area contributed by atoms with Gasteiger partial charge in [0.2, 0.25) is 10.0 Å². The van der Waals surface area contributed by atoms with E-state index >= 15 is 0 Å². The van der Waals surface area contributed by atoms with Crippen molar-refractivity contribution in [2.24, 2.45) is 4.99 Å². The lowest BCUT2D eigenvalue weighted by Crippen LogP contribution is -2.55. The zero-order valence-corrected chi connectivity index (χ0v) is 20.7. The molecular weight excluding hydrogens is 466 g/mol. The number of nitrogens with zero attached hydrogens (tertiary/aromatic N) is 3. The predicted octanol–water partition coefficient (Wildman–Crippen LogP) is 4.28. The van der Waals surface area contributed by atoms with Gasteiger partial charge in [0.25, 0.3) is 0 Å². The van der Waals surface area contributed by atoms with E-state index in [0.29, 0.717) is 48.3 Å². The summed E-state index contributed by atoms with van der Waals surface area (Å²) in [6, 6.07) is 19.5. The molecule has 8 nitrogen and oxygen atoms in total. The van der Waals surface area contributed by atoms with Crippen molar-refractivity contribution in [1.29, 1.82) is 0 Å². The number of benzene rings is 3. The fourth-order valence-electron chi connectivity index (χ4n) is 4.49. The van der Waals surface area contributed by atoms with Crippen LogP contribution in [0.5, 0.6) is 23.0 Å². The first-order chi connectivity index (χ1) is 16.9. The lowest BCUT2D eigenvalue weighted by Gasteiger charge is -2.40. The Morgan fingerprint density at radius 1 is 0.943 bits per heavy atom. The van der Waals surface area contributed by atoms with Crippen LogP contribution in [-0.2, 0) is 10.0 Å². The molecule has 0 spiro atoms. The minimum absolute atomic E-state index is 0.253. The van der Waals surface area contributed by atoms with Crippen LogP contribution in [0.1, 0.15) is 12.5 Å². The number of methoxy groups -OCH3 is 2. The molecule has 0 unspecified atom stereocenters. The summed E-state index contributed by atoms with van der Waals surface area (Å²) in [5.41, 5.74) is 1.51. The predicted molar refractivity (Wildman–Crippen MR) is 134 cm³/mol. The lowest BCUT2D eigenvalue weighted by atomic mass is 10.1. The van der Waals surface area contributed by atoms with Gasteiger partial charge in [-0.1, -0.05) is 18.2 Å². The van der Waals surface area contributed by atoms with Gasteiger partial charge in [-0.2, -0.15) is 4.31 Å². The van der Waals surface area contributed by atoms with E-state index in [1.807, 2.05) is 49.4 Å². The molecule has 2 heterocycles. The van der Waals surface area contributed by atoms with E-state index < -0.39 is 10.0 Å². The molecule has 2 aliphatic heterocycles. The minimum Gasteiger partial charge on any atom is -0.497 e. The second-order valence-corrected chi connectivity index (χ2v) is 10.3. The summed E-state index contributed by atoms with van der Waals surface area (Å²) in [5.74, 6) is 3.20. The van der Waals surface area contributed by atoms with Gasteiger partial charge >= 0.3 is 0 Å². The highest BCUT2D eigenvalue weighted by molar-refractivity contribution is 7.89. The molecule has 182 valence electrons. The van der Waals surface area contributed by atoms with Crippen molar-refractivity contribution in [1.82, 2.24) is 9.21 Å².